The van der Waals surface area contributed by atoms with Crippen LogP contribution in [-0.4, -0.2) is 44.1 Å². The fourth-order valence-electron chi connectivity index (χ4n) is 3.82. The number of fused-ring (bicyclic) bond motifs is 1. The minimum Gasteiger partial charge on any atom is -0.481 e. The van der Waals surface area contributed by atoms with Crippen molar-refractivity contribution in [2.24, 2.45) is 5.41 Å². The predicted octanol–water partition coefficient (Wildman–Crippen LogP) is 2.66. The SMILES string of the molecule is O=C(O)[C@]1(CCc2ccccc2)CCCN(c2ncnc3nc[nH]c23)C1. The zero-order valence-electron chi connectivity index (χ0n) is 14.4. The van der Waals surface area contributed by atoms with Gasteiger partial charge in [-0.05, 0) is 31.2 Å². The van der Waals surface area contributed by atoms with E-state index >= 15 is 0 Å². The zero-order chi connectivity index (χ0) is 18.0. The van der Waals surface area contributed by atoms with Gasteiger partial charge in [0.2, 0.25) is 0 Å². The molecule has 1 aliphatic rings. The van der Waals surface area contributed by atoms with E-state index in [-0.39, 0.29) is 0 Å². The predicted molar refractivity (Wildman–Crippen MR) is 98.0 cm³/mol. The summed E-state index contributed by atoms with van der Waals surface area (Å²) in [5, 5.41) is 10.0. The average Bonchev–Trinajstić information content (AvgIpc) is 3.16. The van der Waals surface area contributed by atoms with Gasteiger partial charge in [0.25, 0.3) is 0 Å². The largest absolute Gasteiger partial charge is 0.481 e. The number of hydrogen-bond acceptors (Lipinski definition) is 5. The van der Waals surface area contributed by atoms with Crippen molar-refractivity contribution >= 4 is 23.0 Å². The number of imidazole rings is 1. The molecule has 2 aromatic heterocycles. The monoisotopic (exact) mass is 351 g/mol. The van der Waals surface area contributed by atoms with Crippen LogP contribution in [0.15, 0.2) is 43.0 Å². The van der Waals surface area contributed by atoms with Gasteiger partial charge in [0, 0.05) is 13.1 Å². The van der Waals surface area contributed by atoms with Crippen LogP contribution < -0.4 is 4.90 Å². The Morgan fingerprint density at radius 2 is 2.08 bits per heavy atom. The van der Waals surface area contributed by atoms with E-state index in [4.69, 9.17) is 0 Å². The number of nitrogens with zero attached hydrogens (tertiary/aromatic N) is 4. The van der Waals surface area contributed by atoms with Crippen LogP contribution in [0.25, 0.3) is 11.2 Å². The highest BCUT2D eigenvalue weighted by molar-refractivity contribution is 5.83. The number of benzene rings is 1. The first kappa shape index (κ1) is 16.5. The molecule has 7 heteroatoms. The molecule has 3 heterocycles. The Balaban J connectivity index is 1.60. The molecule has 1 aromatic carbocycles. The standard InChI is InChI=1S/C19H21N5O2/c25-18(26)19(9-7-14-5-2-1-3-6-14)8-4-10-24(11-19)17-15-16(21-12-20-15)22-13-23-17/h1-3,5-6,12-13H,4,7-11H2,(H,25,26)(H,20,21,22,23)/t19-/m0/s1. The van der Waals surface area contributed by atoms with Gasteiger partial charge in [0.05, 0.1) is 11.7 Å². The summed E-state index contributed by atoms with van der Waals surface area (Å²) in [7, 11) is 0. The van der Waals surface area contributed by atoms with Crippen molar-refractivity contribution in [2.45, 2.75) is 25.7 Å². The third-order valence-electron chi connectivity index (χ3n) is 5.27. The molecule has 0 saturated carbocycles. The summed E-state index contributed by atoms with van der Waals surface area (Å²) < 4.78 is 0. The first-order valence-corrected chi connectivity index (χ1v) is 8.84. The number of rotatable bonds is 5. The molecule has 2 N–H and O–H groups in total. The fraction of sp³-hybridized carbons (Fsp3) is 0.368. The van der Waals surface area contributed by atoms with E-state index in [0.717, 1.165) is 30.7 Å². The Morgan fingerprint density at radius 3 is 2.88 bits per heavy atom. The summed E-state index contributed by atoms with van der Waals surface area (Å²) in [4.78, 5) is 30.1. The van der Waals surface area contributed by atoms with Gasteiger partial charge in [-0.2, -0.15) is 0 Å². The van der Waals surface area contributed by atoms with Crippen LogP contribution >= 0.6 is 0 Å². The van der Waals surface area contributed by atoms with Crippen LogP contribution in [0.4, 0.5) is 5.82 Å². The number of aromatic nitrogens is 4. The summed E-state index contributed by atoms with van der Waals surface area (Å²) >= 11 is 0. The smallest absolute Gasteiger partial charge is 0.311 e. The lowest BCUT2D eigenvalue weighted by atomic mass is 9.75. The van der Waals surface area contributed by atoms with Crippen LogP contribution in [0.1, 0.15) is 24.8 Å². The lowest BCUT2D eigenvalue weighted by molar-refractivity contribution is -0.150. The molecule has 1 aliphatic heterocycles. The number of aromatic amines is 1. The van der Waals surface area contributed by atoms with Crippen molar-refractivity contribution in [3.05, 3.63) is 48.5 Å². The van der Waals surface area contributed by atoms with Crippen molar-refractivity contribution in [2.75, 3.05) is 18.0 Å². The Hall–Kier alpha value is -2.96. The Bertz CT molecular complexity index is 910. The fourth-order valence-corrected chi connectivity index (χ4v) is 3.82. The topological polar surface area (TPSA) is 95.0 Å². The number of carboxylic acids is 1. The number of hydrogen-bond donors (Lipinski definition) is 2. The van der Waals surface area contributed by atoms with E-state index in [0.29, 0.717) is 25.0 Å². The van der Waals surface area contributed by atoms with E-state index in [9.17, 15) is 9.90 Å². The summed E-state index contributed by atoms with van der Waals surface area (Å²) in [6.45, 7) is 1.23. The van der Waals surface area contributed by atoms with Crippen molar-refractivity contribution in [1.29, 1.82) is 0 Å². The first-order chi connectivity index (χ1) is 12.7. The summed E-state index contributed by atoms with van der Waals surface area (Å²) in [6.07, 6.45) is 5.94. The molecule has 3 aromatic rings. The highest BCUT2D eigenvalue weighted by atomic mass is 16.4. The van der Waals surface area contributed by atoms with Crippen LogP contribution in [0.2, 0.25) is 0 Å². The second kappa shape index (κ2) is 6.74. The molecule has 1 atom stereocenters. The number of piperidine rings is 1. The maximum absolute atomic E-state index is 12.2. The van der Waals surface area contributed by atoms with E-state index in [1.54, 1.807) is 6.33 Å². The third-order valence-corrected chi connectivity index (χ3v) is 5.27. The van der Waals surface area contributed by atoms with Gasteiger partial charge in [-0.3, -0.25) is 4.79 Å². The van der Waals surface area contributed by atoms with Crippen molar-refractivity contribution in [1.82, 2.24) is 19.9 Å². The van der Waals surface area contributed by atoms with Crippen molar-refractivity contribution in [3.63, 3.8) is 0 Å². The number of carbonyl (C=O) groups is 1. The minimum absolute atomic E-state index is 0.445. The van der Waals surface area contributed by atoms with Gasteiger partial charge in [0.1, 0.15) is 11.8 Å². The van der Waals surface area contributed by atoms with Crippen molar-refractivity contribution < 1.29 is 9.90 Å². The van der Waals surface area contributed by atoms with Gasteiger partial charge in [-0.25, -0.2) is 15.0 Å². The van der Waals surface area contributed by atoms with Crippen LogP contribution in [0.3, 0.4) is 0 Å². The Morgan fingerprint density at radius 1 is 1.23 bits per heavy atom. The van der Waals surface area contributed by atoms with Gasteiger partial charge >= 0.3 is 5.97 Å². The quantitative estimate of drug-likeness (QED) is 0.734. The molecule has 1 fully saturated rings. The Kier molecular flexibility index (Phi) is 4.28. The molecule has 0 bridgehead atoms. The molecule has 0 aliphatic carbocycles. The molecule has 26 heavy (non-hydrogen) atoms. The van der Waals surface area contributed by atoms with Gasteiger partial charge in [-0.15, -0.1) is 0 Å². The van der Waals surface area contributed by atoms with E-state index in [1.807, 2.05) is 18.2 Å². The number of nitrogens with one attached hydrogen (secondary N) is 1. The van der Waals surface area contributed by atoms with Crippen molar-refractivity contribution in [3.8, 4) is 0 Å². The molecular weight excluding hydrogens is 330 g/mol. The number of aryl methyl sites for hydroxylation is 1. The number of anilines is 1. The van der Waals surface area contributed by atoms with E-state index in [1.165, 1.54) is 11.9 Å². The van der Waals surface area contributed by atoms with Crippen LogP contribution in [0, 0.1) is 5.41 Å². The molecule has 1 saturated heterocycles. The molecular formula is C19H21N5O2. The lowest BCUT2D eigenvalue weighted by Gasteiger charge is -2.40. The summed E-state index contributed by atoms with van der Waals surface area (Å²) in [5.74, 6) is 0.00516. The first-order valence-electron chi connectivity index (χ1n) is 8.84. The molecule has 7 nitrogen and oxygen atoms in total. The molecule has 0 radical (unpaired) electrons. The number of aliphatic carboxylic acids is 1. The highest BCUT2D eigenvalue weighted by Gasteiger charge is 2.42. The Labute approximate surface area is 151 Å². The zero-order valence-corrected chi connectivity index (χ0v) is 14.4. The maximum atomic E-state index is 12.2. The second-order valence-corrected chi connectivity index (χ2v) is 6.89. The second-order valence-electron chi connectivity index (χ2n) is 6.89. The number of carboxylic acid groups (broad SMARTS) is 1. The van der Waals surface area contributed by atoms with Crippen LogP contribution in [-0.2, 0) is 11.2 Å². The van der Waals surface area contributed by atoms with E-state index in [2.05, 4.69) is 37.0 Å². The molecule has 4 rings (SSSR count). The molecule has 0 amide bonds. The minimum atomic E-state index is -0.772. The number of H-pyrrole nitrogens is 1. The maximum Gasteiger partial charge on any atom is 0.311 e. The third kappa shape index (κ3) is 3.00. The van der Waals surface area contributed by atoms with Gasteiger partial charge < -0.3 is 15.0 Å². The lowest BCUT2D eigenvalue weighted by Crippen LogP contribution is -2.48. The van der Waals surface area contributed by atoms with Gasteiger partial charge in [0.15, 0.2) is 11.5 Å². The molecule has 0 spiro atoms. The molecule has 0 unspecified atom stereocenters. The molecule has 134 valence electrons. The average molecular weight is 351 g/mol. The van der Waals surface area contributed by atoms with E-state index < -0.39 is 11.4 Å². The summed E-state index contributed by atoms with van der Waals surface area (Å²) in [5.41, 5.74) is 1.76. The highest BCUT2D eigenvalue weighted by Crippen LogP contribution is 2.37. The normalized spacial score (nSPS) is 20.4. The van der Waals surface area contributed by atoms with Crippen LogP contribution in [0.5, 0.6) is 0 Å². The van der Waals surface area contributed by atoms with Gasteiger partial charge in [-0.1, -0.05) is 30.3 Å². The summed E-state index contributed by atoms with van der Waals surface area (Å²) in [6, 6.07) is 10.1.